The van der Waals surface area contributed by atoms with E-state index in [4.69, 9.17) is 4.74 Å². The summed E-state index contributed by atoms with van der Waals surface area (Å²) in [6.07, 6.45) is 11.6. The summed E-state index contributed by atoms with van der Waals surface area (Å²) in [4.78, 5) is 27.2. The van der Waals surface area contributed by atoms with E-state index in [1.54, 1.807) is 0 Å². The maximum absolute atomic E-state index is 12.6. The number of hydrogen-bond acceptors (Lipinski definition) is 3. The smallest absolute Gasteiger partial charge is 0.410 e. The van der Waals surface area contributed by atoms with Crippen molar-refractivity contribution in [3.63, 3.8) is 0 Å². The zero-order valence-corrected chi connectivity index (χ0v) is 16.9. The molecule has 4 nitrogen and oxygen atoms in total. The molecule has 1 aromatic rings. The minimum atomic E-state index is -0.218. The Bertz CT molecular complexity index is 643. The summed E-state index contributed by atoms with van der Waals surface area (Å²) in [6.45, 7) is 4.05. The van der Waals surface area contributed by atoms with Crippen LogP contribution in [0.5, 0.6) is 0 Å². The lowest BCUT2D eigenvalue weighted by Gasteiger charge is -2.37. The van der Waals surface area contributed by atoms with Crippen molar-refractivity contribution >= 4 is 11.9 Å². The molecule has 4 heteroatoms. The van der Waals surface area contributed by atoms with Crippen LogP contribution in [0.1, 0.15) is 69.8 Å². The summed E-state index contributed by atoms with van der Waals surface area (Å²) in [7, 11) is 0. The van der Waals surface area contributed by atoms with Gasteiger partial charge < -0.3 is 9.64 Å². The number of piperidine rings is 1. The Labute approximate surface area is 168 Å². The molecule has 2 unspecified atom stereocenters. The SMILES string of the molecule is C=CCCCCCCC(=O)C1CC2CCC(C1)N2C(=O)OCc1ccccc1. The number of unbranched alkanes of at least 4 members (excludes halogenated alkanes) is 4. The first kappa shape index (κ1) is 20.6. The molecule has 152 valence electrons. The average Bonchev–Trinajstić information content (AvgIpc) is 2.99. The highest BCUT2D eigenvalue weighted by Gasteiger charge is 2.45. The summed E-state index contributed by atoms with van der Waals surface area (Å²) in [5, 5.41) is 0. The van der Waals surface area contributed by atoms with Crippen molar-refractivity contribution in [2.24, 2.45) is 5.92 Å². The van der Waals surface area contributed by atoms with Crippen molar-refractivity contribution in [3.8, 4) is 0 Å². The highest BCUT2D eigenvalue weighted by molar-refractivity contribution is 5.81. The highest BCUT2D eigenvalue weighted by Crippen LogP contribution is 2.40. The van der Waals surface area contributed by atoms with Crippen LogP contribution in [0.25, 0.3) is 0 Å². The molecule has 2 fully saturated rings. The van der Waals surface area contributed by atoms with Crippen molar-refractivity contribution < 1.29 is 14.3 Å². The fraction of sp³-hybridized carbons (Fsp3) is 0.583. The largest absolute Gasteiger partial charge is 0.445 e. The molecule has 2 saturated heterocycles. The molecule has 0 aromatic heterocycles. The van der Waals surface area contributed by atoms with Crippen LogP contribution in [0.4, 0.5) is 4.79 Å². The van der Waals surface area contributed by atoms with Crippen LogP contribution < -0.4 is 0 Å². The summed E-state index contributed by atoms with van der Waals surface area (Å²) >= 11 is 0. The van der Waals surface area contributed by atoms with Crippen LogP contribution in [0.15, 0.2) is 43.0 Å². The number of fused-ring (bicyclic) bond motifs is 2. The van der Waals surface area contributed by atoms with Gasteiger partial charge in [0.05, 0.1) is 0 Å². The van der Waals surface area contributed by atoms with Crippen LogP contribution in [0.2, 0.25) is 0 Å². The first-order chi connectivity index (χ1) is 13.7. The van der Waals surface area contributed by atoms with Crippen LogP contribution >= 0.6 is 0 Å². The van der Waals surface area contributed by atoms with Crippen molar-refractivity contribution in [1.82, 2.24) is 4.90 Å². The van der Waals surface area contributed by atoms with Crippen LogP contribution in [-0.4, -0.2) is 28.9 Å². The number of allylic oxidation sites excluding steroid dienone is 1. The van der Waals surface area contributed by atoms with E-state index in [1.807, 2.05) is 41.3 Å². The van der Waals surface area contributed by atoms with E-state index in [0.29, 0.717) is 18.8 Å². The van der Waals surface area contributed by atoms with Gasteiger partial charge in [0.1, 0.15) is 12.4 Å². The van der Waals surface area contributed by atoms with Crippen molar-refractivity contribution in [2.75, 3.05) is 0 Å². The molecule has 0 spiro atoms. The molecule has 1 aromatic carbocycles. The molecular formula is C24H33NO3. The van der Waals surface area contributed by atoms with Crippen molar-refractivity contribution in [2.45, 2.75) is 82.9 Å². The molecular weight excluding hydrogens is 350 g/mol. The van der Waals surface area contributed by atoms with Gasteiger partial charge in [-0.25, -0.2) is 4.79 Å². The third-order valence-electron chi connectivity index (χ3n) is 6.19. The van der Waals surface area contributed by atoms with Gasteiger partial charge in [0.25, 0.3) is 0 Å². The zero-order chi connectivity index (χ0) is 19.8. The molecule has 2 aliphatic rings. The predicted octanol–water partition coefficient (Wildman–Crippen LogP) is 5.66. The number of nitrogens with zero attached hydrogens (tertiary/aromatic N) is 1. The second-order valence-corrected chi connectivity index (χ2v) is 8.21. The number of hydrogen-bond donors (Lipinski definition) is 0. The van der Waals surface area contributed by atoms with Crippen LogP contribution in [-0.2, 0) is 16.1 Å². The lowest BCUT2D eigenvalue weighted by molar-refractivity contribution is -0.125. The van der Waals surface area contributed by atoms with Gasteiger partial charge in [-0.05, 0) is 50.5 Å². The molecule has 0 radical (unpaired) electrons. The molecule has 2 atom stereocenters. The zero-order valence-electron chi connectivity index (χ0n) is 16.9. The number of Topliss-reactive ketones (excluding diaryl/α,β-unsaturated/α-hetero) is 1. The normalized spacial score (nSPS) is 23.4. The molecule has 0 N–H and O–H groups in total. The fourth-order valence-corrected chi connectivity index (χ4v) is 4.68. The van der Waals surface area contributed by atoms with E-state index in [-0.39, 0.29) is 24.1 Å². The number of amides is 1. The number of carbonyl (C=O) groups is 2. The predicted molar refractivity (Wildman–Crippen MR) is 111 cm³/mol. The molecule has 3 rings (SSSR count). The summed E-state index contributed by atoms with van der Waals surface area (Å²) in [5.41, 5.74) is 1.00. The van der Waals surface area contributed by atoms with Gasteiger partial charge >= 0.3 is 6.09 Å². The molecule has 0 aliphatic carbocycles. The lowest BCUT2D eigenvalue weighted by atomic mass is 9.85. The minimum absolute atomic E-state index is 0.129. The third-order valence-corrected chi connectivity index (χ3v) is 6.19. The number of ketones is 1. The first-order valence-corrected chi connectivity index (χ1v) is 10.8. The Morgan fingerprint density at radius 3 is 2.39 bits per heavy atom. The second-order valence-electron chi connectivity index (χ2n) is 8.21. The maximum atomic E-state index is 12.6. The van der Waals surface area contributed by atoms with Crippen molar-refractivity contribution in [1.29, 1.82) is 0 Å². The highest BCUT2D eigenvalue weighted by atomic mass is 16.6. The molecule has 2 heterocycles. The van der Waals surface area contributed by atoms with Gasteiger partial charge in [-0.1, -0.05) is 49.2 Å². The van der Waals surface area contributed by atoms with Gasteiger partial charge in [0, 0.05) is 24.4 Å². The summed E-state index contributed by atoms with van der Waals surface area (Å²) in [6, 6.07) is 10.1. The molecule has 2 bridgehead atoms. The number of rotatable bonds is 10. The Kier molecular flexibility index (Phi) is 7.70. The molecule has 1 amide bonds. The summed E-state index contributed by atoms with van der Waals surface area (Å²) in [5.74, 6) is 0.529. The Morgan fingerprint density at radius 1 is 1.04 bits per heavy atom. The summed E-state index contributed by atoms with van der Waals surface area (Å²) < 4.78 is 5.55. The van der Waals surface area contributed by atoms with Gasteiger partial charge in [-0.2, -0.15) is 0 Å². The van der Waals surface area contributed by atoms with Gasteiger partial charge in [0.2, 0.25) is 0 Å². The van der Waals surface area contributed by atoms with E-state index in [2.05, 4.69) is 6.58 Å². The number of carbonyl (C=O) groups excluding carboxylic acids is 2. The monoisotopic (exact) mass is 383 g/mol. The standard InChI is InChI=1S/C24H33NO3/c1-2-3-4-5-6-10-13-23(26)20-16-21-14-15-22(17-20)25(21)24(27)28-18-19-11-8-7-9-12-19/h2,7-9,11-12,20-22H,1,3-6,10,13-18H2. The fourth-order valence-electron chi connectivity index (χ4n) is 4.68. The van der Waals surface area contributed by atoms with Gasteiger partial charge in [0.15, 0.2) is 0 Å². The average molecular weight is 384 g/mol. The maximum Gasteiger partial charge on any atom is 0.410 e. The minimum Gasteiger partial charge on any atom is -0.445 e. The van der Waals surface area contributed by atoms with Crippen LogP contribution in [0.3, 0.4) is 0 Å². The topological polar surface area (TPSA) is 46.6 Å². The first-order valence-electron chi connectivity index (χ1n) is 10.8. The van der Waals surface area contributed by atoms with Crippen LogP contribution in [0, 0.1) is 5.92 Å². The van der Waals surface area contributed by atoms with E-state index < -0.39 is 0 Å². The van der Waals surface area contributed by atoms with Gasteiger partial charge in [-0.15, -0.1) is 6.58 Å². The second kappa shape index (κ2) is 10.4. The van der Waals surface area contributed by atoms with Crippen molar-refractivity contribution in [3.05, 3.63) is 48.6 Å². The van der Waals surface area contributed by atoms with Gasteiger partial charge in [-0.3, -0.25) is 4.79 Å². The Morgan fingerprint density at radius 2 is 1.71 bits per heavy atom. The lowest BCUT2D eigenvalue weighted by Crippen LogP contribution is -2.48. The quantitative estimate of drug-likeness (QED) is 0.387. The Hall–Kier alpha value is -2.10. The number of benzene rings is 1. The third kappa shape index (κ3) is 5.46. The van der Waals surface area contributed by atoms with E-state index in [9.17, 15) is 9.59 Å². The molecule has 0 saturated carbocycles. The number of ether oxygens (including phenoxy) is 1. The molecule has 28 heavy (non-hydrogen) atoms. The Balaban J connectivity index is 1.42. The van der Waals surface area contributed by atoms with E-state index in [1.165, 1.54) is 12.8 Å². The van der Waals surface area contributed by atoms with E-state index in [0.717, 1.165) is 50.5 Å². The molecule has 2 aliphatic heterocycles. The van der Waals surface area contributed by atoms with E-state index >= 15 is 0 Å².